The van der Waals surface area contributed by atoms with E-state index < -0.39 is 0 Å². The lowest BCUT2D eigenvalue weighted by Gasteiger charge is -2.09. The molecule has 0 saturated heterocycles. The van der Waals surface area contributed by atoms with Gasteiger partial charge < -0.3 is 10.6 Å². The van der Waals surface area contributed by atoms with Crippen LogP contribution in [0.3, 0.4) is 0 Å². The van der Waals surface area contributed by atoms with Crippen molar-refractivity contribution in [2.45, 2.75) is 13.1 Å². The topological polar surface area (TPSA) is 71.8 Å². The lowest BCUT2D eigenvalue weighted by molar-refractivity contribution is 0.251. The van der Waals surface area contributed by atoms with E-state index in [1.54, 1.807) is 23.1 Å². The van der Waals surface area contributed by atoms with Gasteiger partial charge in [-0.1, -0.05) is 35.9 Å². The summed E-state index contributed by atoms with van der Waals surface area (Å²) in [6.07, 6.45) is 3.16. The van der Waals surface area contributed by atoms with Gasteiger partial charge in [-0.05, 0) is 35.4 Å². The van der Waals surface area contributed by atoms with E-state index in [0.717, 1.165) is 16.8 Å². The molecule has 1 heterocycles. The summed E-state index contributed by atoms with van der Waals surface area (Å²) in [5.74, 6) is 0. The molecule has 2 aromatic carbocycles. The standard InChI is InChI=1S/C17H16ClN5O/c18-15-5-1-13(2-6-15)9-20-17(24)22-16-7-3-14(4-8-16)10-23-12-19-11-21-23/h1-8,11-12H,9-10H2,(H2,20,22,24). The van der Waals surface area contributed by atoms with Crippen LogP contribution >= 0.6 is 11.6 Å². The van der Waals surface area contributed by atoms with Gasteiger partial charge in [0.15, 0.2) is 0 Å². The van der Waals surface area contributed by atoms with Crippen LogP contribution in [0.4, 0.5) is 10.5 Å². The fourth-order valence-electron chi connectivity index (χ4n) is 2.15. The Morgan fingerprint density at radius 3 is 2.42 bits per heavy atom. The maximum absolute atomic E-state index is 11.9. The van der Waals surface area contributed by atoms with E-state index in [1.165, 1.54) is 6.33 Å². The number of nitrogens with zero attached hydrogens (tertiary/aromatic N) is 3. The minimum atomic E-state index is -0.256. The van der Waals surface area contributed by atoms with Gasteiger partial charge in [0.1, 0.15) is 12.7 Å². The van der Waals surface area contributed by atoms with Crippen LogP contribution in [-0.2, 0) is 13.1 Å². The maximum Gasteiger partial charge on any atom is 0.319 e. The molecule has 2 amide bonds. The van der Waals surface area contributed by atoms with Crippen LogP contribution in [0, 0.1) is 0 Å². The van der Waals surface area contributed by atoms with Crippen molar-refractivity contribution < 1.29 is 4.79 Å². The van der Waals surface area contributed by atoms with E-state index in [0.29, 0.717) is 18.1 Å². The van der Waals surface area contributed by atoms with Crippen LogP contribution in [0.2, 0.25) is 5.02 Å². The molecule has 122 valence electrons. The van der Waals surface area contributed by atoms with Crippen molar-refractivity contribution in [3.63, 3.8) is 0 Å². The Labute approximate surface area is 144 Å². The molecule has 1 aromatic heterocycles. The number of carbonyl (C=O) groups is 1. The van der Waals surface area contributed by atoms with Crippen molar-refractivity contribution in [2.75, 3.05) is 5.32 Å². The van der Waals surface area contributed by atoms with E-state index in [2.05, 4.69) is 20.7 Å². The number of carbonyl (C=O) groups excluding carboxylic acids is 1. The molecule has 0 unspecified atom stereocenters. The molecule has 0 spiro atoms. The molecular weight excluding hydrogens is 326 g/mol. The van der Waals surface area contributed by atoms with Crippen molar-refractivity contribution in [1.82, 2.24) is 20.1 Å². The number of anilines is 1. The number of hydrogen-bond donors (Lipinski definition) is 2. The second-order valence-electron chi connectivity index (χ2n) is 5.22. The largest absolute Gasteiger partial charge is 0.334 e. The summed E-state index contributed by atoms with van der Waals surface area (Å²) in [6.45, 7) is 1.08. The smallest absolute Gasteiger partial charge is 0.319 e. The van der Waals surface area contributed by atoms with Gasteiger partial charge in [-0.15, -0.1) is 0 Å². The molecule has 0 aliphatic rings. The van der Waals surface area contributed by atoms with Gasteiger partial charge >= 0.3 is 6.03 Å². The number of nitrogens with one attached hydrogen (secondary N) is 2. The van der Waals surface area contributed by atoms with Crippen LogP contribution < -0.4 is 10.6 Å². The molecule has 0 aliphatic heterocycles. The van der Waals surface area contributed by atoms with Crippen LogP contribution in [0.1, 0.15) is 11.1 Å². The highest BCUT2D eigenvalue weighted by atomic mass is 35.5. The van der Waals surface area contributed by atoms with Gasteiger partial charge in [0.05, 0.1) is 6.54 Å². The SMILES string of the molecule is O=C(NCc1ccc(Cl)cc1)Nc1ccc(Cn2cncn2)cc1. The van der Waals surface area contributed by atoms with Crippen LogP contribution in [-0.4, -0.2) is 20.8 Å². The second kappa shape index (κ2) is 7.61. The van der Waals surface area contributed by atoms with Gasteiger partial charge in [0, 0.05) is 17.3 Å². The molecule has 6 nitrogen and oxygen atoms in total. The quantitative estimate of drug-likeness (QED) is 0.748. The summed E-state index contributed by atoms with van der Waals surface area (Å²) in [5.41, 5.74) is 2.79. The molecule has 0 aliphatic carbocycles. The Balaban J connectivity index is 1.49. The summed E-state index contributed by atoms with van der Waals surface area (Å²) in [5, 5.41) is 10.3. The third-order valence-corrected chi connectivity index (χ3v) is 3.64. The monoisotopic (exact) mass is 341 g/mol. The van der Waals surface area contributed by atoms with Gasteiger partial charge in [0.25, 0.3) is 0 Å². The zero-order valence-electron chi connectivity index (χ0n) is 12.8. The van der Waals surface area contributed by atoms with Crippen LogP contribution in [0.25, 0.3) is 0 Å². The molecule has 0 bridgehead atoms. The van der Waals surface area contributed by atoms with Crippen molar-refractivity contribution in [2.24, 2.45) is 0 Å². The first-order valence-electron chi connectivity index (χ1n) is 7.40. The molecule has 2 N–H and O–H groups in total. The number of hydrogen-bond acceptors (Lipinski definition) is 3. The zero-order valence-corrected chi connectivity index (χ0v) is 13.6. The first-order valence-corrected chi connectivity index (χ1v) is 7.77. The second-order valence-corrected chi connectivity index (χ2v) is 5.66. The lowest BCUT2D eigenvalue weighted by atomic mass is 10.2. The maximum atomic E-state index is 11.9. The lowest BCUT2D eigenvalue weighted by Crippen LogP contribution is -2.28. The summed E-state index contributed by atoms with van der Waals surface area (Å²) in [4.78, 5) is 15.8. The molecular formula is C17H16ClN5O. The number of aromatic nitrogens is 3. The Hall–Kier alpha value is -2.86. The number of halogens is 1. The van der Waals surface area contributed by atoms with Crippen molar-refractivity contribution in [1.29, 1.82) is 0 Å². The third-order valence-electron chi connectivity index (χ3n) is 3.39. The van der Waals surface area contributed by atoms with E-state index in [4.69, 9.17) is 11.6 Å². The Morgan fingerprint density at radius 2 is 1.75 bits per heavy atom. The van der Waals surface area contributed by atoms with Crippen LogP contribution in [0.5, 0.6) is 0 Å². The zero-order chi connectivity index (χ0) is 16.8. The minimum Gasteiger partial charge on any atom is -0.334 e. The molecule has 0 saturated carbocycles. The fraction of sp³-hybridized carbons (Fsp3) is 0.118. The van der Waals surface area contributed by atoms with E-state index in [-0.39, 0.29) is 6.03 Å². The molecule has 3 rings (SSSR count). The highest BCUT2D eigenvalue weighted by molar-refractivity contribution is 6.30. The highest BCUT2D eigenvalue weighted by Gasteiger charge is 2.03. The summed E-state index contributed by atoms with van der Waals surface area (Å²) in [6, 6.07) is 14.7. The number of amides is 2. The van der Waals surface area contributed by atoms with Crippen LogP contribution in [0.15, 0.2) is 61.2 Å². The number of urea groups is 1. The van der Waals surface area contributed by atoms with E-state index >= 15 is 0 Å². The van der Waals surface area contributed by atoms with Gasteiger partial charge in [0.2, 0.25) is 0 Å². The van der Waals surface area contributed by atoms with Gasteiger partial charge in [-0.3, -0.25) is 0 Å². The summed E-state index contributed by atoms with van der Waals surface area (Å²) in [7, 11) is 0. The van der Waals surface area contributed by atoms with Crippen molar-refractivity contribution in [3.05, 3.63) is 77.3 Å². The normalized spacial score (nSPS) is 10.4. The highest BCUT2D eigenvalue weighted by Crippen LogP contribution is 2.11. The molecule has 7 heteroatoms. The Morgan fingerprint density at radius 1 is 1.04 bits per heavy atom. The Bertz CT molecular complexity index is 785. The fourth-order valence-corrected chi connectivity index (χ4v) is 2.28. The third kappa shape index (κ3) is 4.57. The molecule has 24 heavy (non-hydrogen) atoms. The first kappa shape index (κ1) is 16.0. The van der Waals surface area contributed by atoms with E-state index in [1.807, 2.05) is 36.4 Å². The van der Waals surface area contributed by atoms with Gasteiger partial charge in [-0.2, -0.15) is 5.10 Å². The average molecular weight is 342 g/mol. The number of rotatable bonds is 5. The predicted octanol–water partition coefficient (Wildman–Crippen LogP) is 3.30. The average Bonchev–Trinajstić information content (AvgIpc) is 3.09. The minimum absolute atomic E-state index is 0.256. The summed E-state index contributed by atoms with van der Waals surface area (Å²) >= 11 is 5.83. The Kier molecular flexibility index (Phi) is 5.08. The molecule has 3 aromatic rings. The predicted molar refractivity (Wildman–Crippen MR) is 92.9 cm³/mol. The van der Waals surface area contributed by atoms with E-state index in [9.17, 15) is 4.79 Å². The summed E-state index contributed by atoms with van der Waals surface area (Å²) < 4.78 is 1.74. The van der Waals surface area contributed by atoms with Crippen molar-refractivity contribution >= 4 is 23.3 Å². The van der Waals surface area contributed by atoms with Gasteiger partial charge in [-0.25, -0.2) is 14.5 Å². The molecule has 0 atom stereocenters. The molecule has 0 radical (unpaired) electrons. The molecule has 0 fully saturated rings. The number of benzene rings is 2. The first-order chi connectivity index (χ1) is 11.7. The van der Waals surface area contributed by atoms with Crippen molar-refractivity contribution in [3.8, 4) is 0 Å².